The molecule has 0 amide bonds. The Kier molecular flexibility index (Phi) is 6.30. The van der Waals surface area contributed by atoms with Crippen LogP contribution in [0.2, 0.25) is 0 Å². The van der Waals surface area contributed by atoms with E-state index in [1.807, 2.05) is 30.5 Å². The Morgan fingerprint density at radius 3 is 2.55 bits per heavy atom. The van der Waals surface area contributed by atoms with E-state index in [0.717, 1.165) is 13.1 Å². The summed E-state index contributed by atoms with van der Waals surface area (Å²) < 4.78 is 0. The standard InChI is InChI=1S/C17H22N4S/c1-21(2)16(15-9-6-10-18-12-15)13-20-17(22)19-11-14-7-4-3-5-8-14/h3-10,12,16H,11,13H2,1-2H3,(H2,19,20,22). The summed E-state index contributed by atoms with van der Waals surface area (Å²) in [4.78, 5) is 6.34. The van der Waals surface area contributed by atoms with Crippen molar-refractivity contribution in [1.29, 1.82) is 0 Å². The first-order valence-electron chi connectivity index (χ1n) is 7.29. The van der Waals surface area contributed by atoms with Crippen molar-refractivity contribution >= 4 is 17.3 Å². The maximum atomic E-state index is 5.35. The Balaban J connectivity index is 1.83. The molecule has 1 unspecified atom stereocenters. The molecule has 0 spiro atoms. The topological polar surface area (TPSA) is 40.2 Å². The van der Waals surface area contributed by atoms with Gasteiger partial charge in [0, 0.05) is 25.5 Å². The molecule has 0 saturated heterocycles. The van der Waals surface area contributed by atoms with Crippen molar-refractivity contribution in [3.63, 3.8) is 0 Å². The van der Waals surface area contributed by atoms with Crippen molar-refractivity contribution in [2.75, 3.05) is 20.6 Å². The summed E-state index contributed by atoms with van der Waals surface area (Å²) in [6.07, 6.45) is 3.68. The highest BCUT2D eigenvalue weighted by molar-refractivity contribution is 7.80. The lowest BCUT2D eigenvalue weighted by atomic mass is 10.1. The Hall–Kier alpha value is -1.98. The molecule has 1 aromatic carbocycles. The molecule has 2 aromatic rings. The summed E-state index contributed by atoms with van der Waals surface area (Å²) in [5, 5.41) is 7.18. The van der Waals surface area contributed by atoms with Crippen molar-refractivity contribution in [2.45, 2.75) is 12.6 Å². The lowest BCUT2D eigenvalue weighted by molar-refractivity contribution is 0.298. The van der Waals surface area contributed by atoms with Gasteiger partial charge >= 0.3 is 0 Å². The quantitative estimate of drug-likeness (QED) is 0.801. The van der Waals surface area contributed by atoms with Crippen LogP contribution >= 0.6 is 12.2 Å². The summed E-state index contributed by atoms with van der Waals surface area (Å²) in [7, 11) is 4.11. The molecule has 0 saturated carbocycles. The predicted molar refractivity (Wildman–Crippen MR) is 94.5 cm³/mol. The Morgan fingerprint density at radius 1 is 1.14 bits per heavy atom. The van der Waals surface area contributed by atoms with Gasteiger partial charge in [-0.2, -0.15) is 0 Å². The van der Waals surface area contributed by atoms with Gasteiger partial charge in [0.1, 0.15) is 0 Å². The smallest absolute Gasteiger partial charge is 0.166 e. The van der Waals surface area contributed by atoms with Crippen molar-refractivity contribution in [3.05, 3.63) is 66.0 Å². The molecule has 116 valence electrons. The van der Waals surface area contributed by atoms with Crippen LogP contribution in [0.25, 0.3) is 0 Å². The number of hydrogen-bond acceptors (Lipinski definition) is 3. The van der Waals surface area contributed by atoms with Crippen LogP contribution in [-0.4, -0.2) is 35.6 Å². The van der Waals surface area contributed by atoms with E-state index in [4.69, 9.17) is 12.2 Å². The largest absolute Gasteiger partial charge is 0.361 e. The maximum Gasteiger partial charge on any atom is 0.166 e. The third-order valence-electron chi connectivity index (χ3n) is 3.44. The average Bonchev–Trinajstić information content (AvgIpc) is 2.55. The fraction of sp³-hybridized carbons (Fsp3) is 0.294. The first-order chi connectivity index (χ1) is 10.7. The summed E-state index contributed by atoms with van der Waals surface area (Å²) >= 11 is 5.35. The monoisotopic (exact) mass is 314 g/mol. The van der Waals surface area contributed by atoms with Crippen LogP contribution in [0, 0.1) is 0 Å². The van der Waals surface area contributed by atoms with Crippen molar-refractivity contribution in [1.82, 2.24) is 20.5 Å². The molecule has 2 N–H and O–H groups in total. The number of nitrogens with zero attached hydrogens (tertiary/aromatic N) is 2. The molecule has 22 heavy (non-hydrogen) atoms. The van der Waals surface area contributed by atoms with Crippen LogP contribution in [0.5, 0.6) is 0 Å². The molecule has 5 heteroatoms. The molecular weight excluding hydrogens is 292 g/mol. The number of likely N-dealkylation sites (N-methyl/N-ethyl adjacent to an activating group) is 1. The first kappa shape index (κ1) is 16.4. The number of rotatable bonds is 6. The van der Waals surface area contributed by atoms with Crippen LogP contribution in [0.15, 0.2) is 54.9 Å². The van der Waals surface area contributed by atoms with Gasteiger partial charge in [0.25, 0.3) is 0 Å². The summed E-state index contributed by atoms with van der Waals surface area (Å²) in [5.74, 6) is 0. The molecule has 1 aromatic heterocycles. The van der Waals surface area contributed by atoms with Gasteiger partial charge in [-0.25, -0.2) is 0 Å². The lowest BCUT2D eigenvalue weighted by Crippen LogP contribution is -2.40. The van der Waals surface area contributed by atoms with Crippen LogP contribution < -0.4 is 10.6 Å². The zero-order chi connectivity index (χ0) is 15.8. The number of nitrogens with one attached hydrogen (secondary N) is 2. The van der Waals surface area contributed by atoms with Crippen molar-refractivity contribution in [3.8, 4) is 0 Å². The lowest BCUT2D eigenvalue weighted by Gasteiger charge is -2.25. The highest BCUT2D eigenvalue weighted by Gasteiger charge is 2.14. The molecule has 0 aliphatic heterocycles. The normalized spacial score (nSPS) is 12.0. The molecule has 1 atom stereocenters. The number of pyridine rings is 1. The van der Waals surface area contributed by atoms with Gasteiger partial charge in [-0.05, 0) is 43.5 Å². The van der Waals surface area contributed by atoms with Crippen LogP contribution in [0.4, 0.5) is 0 Å². The number of benzene rings is 1. The Bertz CT molecular complexity index is 572. The minimum atomic E-state index is 0.227. The van der Waals surface area contributed by atoms with E-state index in [9.17, 15) is 0 Å². The maximum absolute atomic E-state index is 5.35. The molecule has 0 aliphatic carbocycles. The van der Waals surface area contributed by atoms with E-state index in [-0.39, 0.29) is 6.04 Å². The summed E-state index contributed by atoms with van der Waals surface area (Å²) in [6.45, 7) is 1.46. The second-order valence-electron chi connectivity index (χ2n) is 5.31. The second kappa shape index (κ2) is 8.46. The SMILES string of the molecule is CN(C)C(CNC(=S)NCc1ccccc1)c1cccnc1. The predicted octanol–water partition coefficient (Wildman–Crippen LogP) is 2.35. The fourth-order valence-corrected chi connectivity index (χ4v) is 2.36. The van der Waals surface area contributed by atoms with E-state index >= 15 is 0 Å². The van der Waals surface area contributed by atoms with Crippen molar-refractivity contribution in [2.24, 2.45) is 0 Å². The highest BCUT2D eigenvalue weighted by Crippen LogP contribution is 2.15. The number of thiocarbonyl (C=S) groups is 1. The number of aromatic nitrogens is 1. The molecule has 0 bridgehead atoms. The minimum Gasteiger partial charge on any atom is -0.361 e. The van der Waals surface area contributed by atoms with E-state index in [0.29, 0.717) is 5.11 Å². The van der Waals surface area contributed by atoms with Crippen molar-refractivity contribution < 1.29 is 0 Å². The summed E-state index contributed by atoms with van der Waals surface area (Å²) in [5.41, 5.74) is 2.38. The number of hydrogen-bond donors (Lipinski definition) is 2. The van der Waals surface area contributed by atoms with Gasteiger partial charge in [0.05, 0.1) is 6.04 Å². The van der Waals surface area contributed by atoms with Crippen LogP contribution in [0.1, 0.15) is 17.2 Å². The zero-order valence-electron chi connectivity index (χ0n) is 13.0. The van der Waals surface area contributed by atoms with Gasteiger partial charge in [-0.1, -0.05) is 36.4 Å². The van der Waals surface area contributed by atoms with E-state index in [1.54, 1.807) is 6.20 Å². The molecule has 1 heterocycles. The first-order valence-corrected chi connectivity index (χ1v) is 7.69. The molecule has 2 rings (SSSR count). The third-order valence-corrected chi connectivity index (χ3v) is 3.73. The summed E-state index contributed by atoms with van der Waals surface area (Å²) in [6, 6.07) is 14.5. The van der Waals surface area contributed by atoms with Crippen LogP contribution in [-0.2, 0) is 6.54 Å². The van der Waals surface area contributed by atoms with Gasteiger partial charge in [-0.3, -0.25) is 4.98 Å². The van der Waals surface area contributed by atoms with Gasteiger partial charge in [0.2, 0.25) is 0 Å². The minimum absolute atomic E-state index is 0.227. The molecular formula is C17H22N4S. The molecule has 0 aliphatic rings. The zero-order valence-corrected chi connectivity index (χ0v) is 13.8. The second-order valence-corrected chi connectivity index (χ2v) is 5.72. The molecule has 4 nitrogen and oxygen atoms in total. The Labute approximate surface area is 137 Å². The fourth-order valence-electron chi connectivity index (χ4n) is 2.20. The average molecular weight is 314 g/mol. The van der Waals surface area contributed by atoms with Gasteiger partial charge in [0.15, 0.2) is 5.11 Å². The third kappa shape index (κ3) is 5.09. The van der Waals surface area contributed by atoms with Gasteiger partial charge < -0.3 is 15.5 Å². The van der Waals surface area contributed by atoms with Crippen LogP contribution in [0.3, 0.4) is 0 Å². The molecule has 0 fully saturated rings. The molecule has 0 radical (unpaired) electrons. The highest BCUT2D eigenvalue weighted by atomic mass is 32.1. The van der Waals surface area contributed by atoms with Gasteiger partial charge in [-0.15, -0.1) is 0 Å². The van der Waals surface area contributed by atoms with E-state index < -0.39 is 0 Å². The van der Waals surface area contributed by atoms with E-state index in [1.165, 1.54) is 11.1 Å². The Morgan fingerprint density at radius 2 is 1.91 bits per heavy atom. The van der Waals surface area contributed by atoms with E-state index in [2.05, 4.69) is 52.8 Å².